The molecule has 0 radical (unpaired) electrons. The van der Waals surface area contributed by atoms with Gasteiger partial charge in [0.15, 0.2) is 0 Å². The number of hydrogen-bond donors (Lipinski definition) is 2. The summed E-state index contributed by atoms with van der Waals surface area (Å²) < 4.78 is 0.627. The molecule has 7 nitrogen and oxygen atoms in total. The number of likely N-dealkylation sites (N-methyl/N-ethyl adjacent to an activating group) is 1. The zero-order chi connectivity index (χ0) is 13.3. The molecule has 1 fully saturated rings. The van der Waals surface area contributed by atoms with Crippen molar-refractivity contribution in [1.29, 1.82) is 0 Å². The van der Waals surface area contributed by atoms with Crippen molar-refractivity contribution in [1.82, 2.24) is 14.9 Å². The van der Waals surface area contributed by atoms with Crippen molar-refractivity contribution in [3.8, 4) is 0 Å². The zero-order valence-electron chi connectivity index (χ0n) is 9.90. The van der Waals surface area contributed by atoms with Gasteiger partial charge in [-0.25, -0.2) is 9.97 Å². The molecule has 2 heterocycles. The molecule has 0 aromatic carbocycles. The summed E-state index contributed by atoms with van der Waals surface area (Å²) in [5.41, 5.74) is 0. The van der Waals surface area contributed by atoms with Crippen molar-refractivity contribution in [3.63, 3.8) is 0 Å². The fraction of sp³-hybridized carbons (Fsp3) is 0.400. The Bertz CT molecular complexity index is 507. The molecule has 2 rings (SSSR count). The van der Waals surface area contributed by atoms with E-state index in [0.29, 0.717) is 16.1 Å². The van der Waals surface area contributed by atoms with E-state index in [0.717, 1.165) is 4.90 Å². The molecule has 1 unspecified atom stereocenters. The Labute approximate surface area is 112 Å². The molecule has 8 heteroatoms. The molecule has 2 N–H and O–H groups in total. The maximum atomic E-state index is 11.8. The first kappa shape index (κ1) is 12.7. The van der Waals surface area contributed by atoms with Gasteiger partial charge in [0.25, 0.3) is 5.91 Å². The number of halogens is 1. The molecule has 1 aliphatic rings. The second-order valence-corrected chi connectivity index (χ2v) is 4.62. The standard InChI is InChI=1S/C10H12BrN5O2/c1-12-8-7(11)9(14-4-13-8)15-5-3-6(17)16(2)10(5)18/h4-5H,3H2,1-2H3,(H2,12,13,14,15). The first-order valence-electron chi connectivity index (χ1n) is 5.29. The molecular formula is C10H12BrN5O2. The highest BCUT2D eigenvalue weighted by atomic mass is 79.9. The van der Waals surface area contributed by atoms with Crippen LogP contribution in [0.15, 0.2) is 10.8 Å². The van der Waals surface area contributed by atoms with Crippen molar-refractivity contribution in [3.05, 3.63) is 10.8 Å². The fourth-order valence-corrected chi connectivity index (χ4v) is 2.20. The number of aromatic nitrogens is 2. The van der Waals surface area contributed by atoms with Crippen LogP contribution in [0.4, 0.5) is 11.6 Å². The van der Waals surface area contributed by atoms with Gasteiger partial charge < -0.3 is 10.6 Å². The van der Waals surface area contributed by atoms with E-state index in [1.54, 1.807) is 7.05 Å². The minimum atomic E-state index is -0.571. The quantitative estimate of drug-likeness (QED) is 0.788. The normalized spacial score (nSPS) is 19.3. The number of imide groups is 1. The van der Waals surface area contributed by atoms with Gasteiger partial charge in [-0.05, 0) is 15.9 Å². The number of nitrogens with zero attached hydrogens (tertiary/aromatic N) is 3. The minimum Gasteiger partial charge on any atom is -0.372 e. The summed E-state index contributed by atoms with van der Waals surface area (Å²) in [6.45, 7) is 0. The molecule has 0 saturated carbocycles. The fourth-order valence-electron chi connectivity index (χ4n) is 1.68. The van der Waals surface area contributed by atoms with Crippen molar-refractivity contribution >= 4 is 39.4 Å². The molecule has 1 aromatic heterocycles. The zero-order valence-corrected chi connectivity index (χ0v) is 11.5. The van der Waals surface area contributed by atoms with Crippen LogP contribution >= 0.6 is 15.9 Å². The van der Waals surface area contributed by atoms with Gasteiger partial charge in [0.05, 0.1) is 6.42 Å². The van der Waals surface area contributed by atoms with Crippen molar-refractivity contribution < 1.29 is 9.59 Å². The molecule has 2 amide bonds. The Morgan fingerprint density at radius 2 is 2.06 bits per heavy atom. The van der Waals surface area contributed by atoms with Gasteiger partial charge in [-0.2, -0.15) is 0 Å². The average Bonchev–Trinajstić information content (AvgIpc) is 2.60. The van der Waals surface area contributed by atoms with E-state index >= 15 is 0 Å². The molecular weight excluding hydrogens is 302 g/mol. The summed E-state index contributed by atoms with van der Waals surface area (Å²) in [7, 11) is 3.20. The predicted octanol–water partition coefficient (Wildman–Crippen LogP) is 0.450. The monoisotopic (exact) mass is 313 g/mol. The SMILES string of the molecule is CNc1ncnc(NC2CC(=O)N(C)C2=O)c1Br. The van der Waals surface area contributed by atoms with E-state index in [4.69, 9.17) is 0 Å². The van der Waals surface area contributed by atoms with Gasteiger partial charge in [0.1, 0.15) is 28.5 Å². The first-order valence-corrected chi connectivity index (χ1v) is 6.09. The molecule has 1 saturated heterocycles. The van der Waals surface area contributed by atoms with Crippen molar-refractivity contribution in [2.45, 2.75) is 12.5 Å². The Hall–Kier alpha value is -1.70. The van der Waals surface area contributed by atoms with Crippen LogP contribution in [0.25, 0.3) is 0 Å². The van der Waals surface area contributed by atoms with E-state index < -0.39 is 6.04 Å². The molecule has 0 spiro atoms. The highest BCUT2D eigenvalue weighted by Gasteiger charge is 2.36. The van der Waals surface area contributed by atoms with Crippen LogP contribution in [-0.4, -0.2) is 46.8 Å². The minimum absolute atomic E-state index is 0.140. The van der Waals surface area contributed by atoms with Crippen molar-refractivity contribution in [2.75, 3.05) is 24.7 Å². The van der Waals surface area contributed by atoms with Crippen LogP contribution in [0, 0.1) is 0 Å². The van der Waals surface area contributed by atoms with E-state index in [1.807, 2.05) is 0 Å². The Morgan fingerprint density at radius 1 is 1.39 bits per heavy atom. The van der Waals surface area contributed by atoms with E-state index in [1.165, 1.54) is 13.4 Å². The molecule has 1 atom stereocenters. The maximum absolute atomic E-state index is 11.8. The van der Waals surface area contributed by atoms with Crippen LogP contribution in [0.2, 0.25) is 0 Å². The smallest absolute Gasteiger partial charge is 0.251 e. The Balaban J connectivity index is 2.20. The third-order valence-corrected chi connectivity index (χ3v) is 3.47. The molecule has 0 bridgehead atoms. The number of carbonyl (C=O) groups is 2. The lowest BCUT2D eigenvalue weighted by molar-refractivity contribution is -0.136. The number of rotatable bonds is 3. The molecule has 1 aliphatic heterocycles. The third-order valence-electron chi connectivity index (χ3n) is 2.72. The average molecular weight is 314 g/mol. The summed E-state index contributed by atoms with van der Waals surface area (Å²) in [5, 5.41) is 5.83. The van der Waals surface area contributed by atoms with Crippen LogP contribution in [0.1, 0.15) is 6.42 Å². The number of carbonyl (C=O) groups excluding carboxylic acids is 2. The van der Waals surface area contributed by atoms with Gasteiger partial charge in [0, 0.05) is 14.1 Å². The van der Waals surface area contributed by atoms with Crippen LogP contribution in [-0.2, 0) is 9.59 Å². The summed E-state index contributed by atoms with van der Waals surface area (Å²) in [4.78, 5) is 32.3. The van der Waals surface area contributed by atoms with Gasteiger partial charge in [0.2, 0.25) is 5.91 Å². The number of amides is 2. The number of anilines is 2. The van der Waals surface area contributed by atoms with Crippen LogP contribution in [0.5, 0.6) is 0 Å². The third kappa shape index (κ3) is 2.15. The van der Waals surface area contributed by atoms with Gasteiger partial charge in [-0.1, -0.05) is 0 Å². The number of hydrogen-bond acceptors (Lipinski definition) is 6. The summed E-state index contributed by atoms with van der Waals surface area (Å²) in [6.07, 6.45) is 1.52. The Kier molecular flexibility index (Phi) is 3.46. The summed E-state index contributed by atoms with van der Waals surface area (Å²) in [5.74, 6) is 0.640. The maximum Gasteiger partial charge on any atom is 0.251 e. The lowest BCUT2D eigenvalue weighted by atomic mass is 10.2. The summed E-state index contributed by atoms with van der Waals surface area (Å²) in [6, 6.07) is -0.571. The highest BCUT2D eigenvalue weighted by molar-refractivity contribution is 9.10. The van der Waals surface area contributed by atoms with Gasteiger partial charge in [-0.15, -0.1) is 0 Å². The number of likely N-dealkylation sites (tertiary alicyclic amines) is 1. The highest BCUT2D eigenvalue weighted by Crippen LogP contribution is 2.27. The van der Waals surface area contributed by atoms with Gasteiger partial charge in [-0.3, -0.25) is 14.5 Å². The van der Waals surface area contributed by atoms with E-state index in [9.17, 15) is 9.59 Å². The Morgan fingerprint density at radius 3 is 2.61 bits per heavy atom. The van der Waals surface area contributed by atoms with Crippen molar-refractivity contribution in [2.24, 2.45) is 0 Å². The molecule has 0 aliphatic carbocycles. The second kappa shape index (κ2) is 4.89. The molecule has 96 valence electrons. The topological polar surface area (TPSA) is 87.2 Å². The molecule has 1 aromatic rings. The number of nitrogens with one attached hydrogen (secondary N) is 2. The first-order chi connectivity index (χ1) is 8.54. The summed E-state index contributed by atoms with van der Waals surface area (Å²) >= 11 is 3.34. The lowest BCUT2D eigenvalue weighted by Crippen LogP contribution is -2.32. The second-order valence-electron chi connectivity index (χ2n) is 3.83. The molecule has 18 heavy (non-hydrogen) atoms. The predicted molar refractivity (Wildman–Crippen MR) is 69.1 cm³/mol. The van der Waals surface area contributed by atoms with E-state index in [2.05, 4.69) is 36.5 Å². The van der Waals surface area contributed by atoms with E-state index in [-0.39, 0.29) is 18.2 Å². The van der Waals surface area contributed by atoms with Gasteiger partial charge >= 0.3 is 0 Å². The van der Waals surface area contributed by atoms with Crippen LogP contribution < -0.4 is 10.6 Å². The largest absolute Gasteiger partial charge is 0.372 e. The van der Waals surface area contributed by atoms with Crippen LogP contribution in [0.3, 0.4) is 0 Å². The lowest BCUT2D eigenvalue weighted by Gasteiger charge is -2.13.